The Labute approximate surface area is 95.9 Å². The fourth-order valence-electron chi connectivity index (χ4n) is 1.80. The normalized spacial score (nSPS) is 28.7. The Morgan fingerprint density at radius 3 is 2.81 bits per heavy atom. The van der Waals surface area contributed by atoms with Crippen LogP contribution < -0.4 is 0 Å². The smallest absolute Gasteiger partial charge is 0.213 e. The first-order valence-corrected chi connectivity index (χ1v) is 5.57. The summed E-state index contributed by atoms with van der Waals surface area (Å²) in [6.07, 6.45) is 6.57. The topological polar surface area (TPSA) is 38.7 Å². The lowest BCUT2D eigenvalue weighted by atomic mass is 9.88. The van der Waals surface area contributed by atoms with Crippen molar-refractivity contribution >= 4 is 12.2 Å². The largest absolute Gasteiger partial charge is 0.475 e. The van der Waals surface area contributed by atoms with Crippen LogP contribution in [-0.4, -0.2) is 24.8 Å². The second-order valence-corrected chi connectivity index (χ2v) is 5.30. The molecule has 0 aromatic rings. The molecule has 0 aromatic heterocycles. The van der Waals surface area contributed by atoms with Crippen LogP contribution in [0.15, 0.2) is 28.8 Å². The molecule has 0 N–H and O–H groups in total. The minimum absolute atomic E-state index is 0.102. The van der Waals surface area contributed by atoms with E-state index in [1.165, 1.54) is 0 Å². The zero-order valence-corrected chi connectivity index (χ0v) is 9.93. The van der Waals surface area contributed by atoms with Gasteiger partial charge in [-0.05, 0) is 5.41 Å². The van der Waals surface area contributed by atoms with Gasteiger partial charge >= 0.3 is 0 Å². The Kier molecular flexibility index (Phi) is 2.70. The first-order chi connectivity index (χ1) is 7.52. The van der Waals surface area contributed by atoms with Gasteiger partial charge in [-0.25, -0.2) is 4.99 Å². The zero-order valence-electron chi connectivity index (χ0n) is 9.93. The summed E-state index contributed by atoms with van der Waals surface area (Å²) < 4.78 is 5.59. The van der Waals surface area contributed by atoms with Crippen molar-refractivity contribution < 1.29 is 9.53 Å². The molecule has 16 heavy (non-hydrogen) atoms. The lowest BCUT2D eigenvalue weighted by molar-refractivity contribution is -0.109. The molecule has 0 saturated carbocycles. The average Bonchev–Trinajstić information content (AvgIpc) is 2.84. The number of rotatable bonds is 2. The van der Waals surface area contributed by atoms with Gasteiger partial charge in [0.05, 0.1) is 12.0 Å². The van der Waals surface area contributed by atoms with Gasteiger partial charge in [-0.15, -0.1) is 0 Å². The summed E-state index contributed by atoms with van der Waals surface area (Å²) >= 11 is 0. The van der Waals surface area contributed by atoms with Crippen molar-refractivity contribution in [3.8, 4) is 0 Å². The summed E-state index contributed by atoms with van der Waals surface area (Å²) in [5.41, 5.74) is 0.993. The number of allylic oxidation sites excluding steroid dienone is 3. The Balaban J connectivity index is 2.16. The number of aldehydes is 1. The molecule has 86 valence electrons. The molecule has 1 aliphatic carbocycles. The van der Waals surface area contributed by atoms with Gasteiger partial charge in [-0.3, -0.25) is 0 Å². The third-order valence-corrected chi connectivity index (χ3v) is 3.00. The molecule has 2 rings (SSSR count). The van der Waals surface area contributed by atoms with Gasteiger partial charge < -0.3 is 9.53 Å². The molecular formula is C13H17NO2. The van der Waals surface area contributed by atoms with Gasteiger partial charge in [0.1, 0.15) is 12.9 Å². The van der Waals surface area contributed by atoms with Crippen LogP contribution in [0.25, 0.3) is 0 Å². The predicted molar refractivity (Wildman–Crippen MR) is 63.4 cm³/mol. The minimum Gasteiger partial charge on any atom is -0.475 e. The van der Waals surface area contributed by atoms with E-state index in [1.807, 2.05) is 18.2 Å². The van der Waals surface area contributed by atoms with E-state index in [1.54, 1.807) is 0 Å². The SMILES string of the molecule is CC(C)(C)[C@H]1COC(C2=CC=CC2C=O)=N1. The zero-order chi connectivity index (χ0) is 11.8. The first kappa shape index (κ1) is 11.1. The highest BCUT2D eigenvalue weighted by Gasteiger charge is 2.33. The van der Waals surface area contributed by atoms with Crippen molar-refractivity contribution in [1.82, 2.24) is 0 Å². The molecule has 3 nitrogen and oxygen atoms in total. The van der Waals surface area contributed by atoms with Crippen molar-refractivity contribution in [2.75, 3.05) is 6.61 Å². The van der Waals surface area contributed by atoms with E-state index >= 15 is 0 Å². The highest BCUT2D eigenvalue weighted by atomic mass is 16.5. The van der Waals surface area contributed by atoms with Crippen LogP contribution in [0.5, 0.6) is 0 Å². The van der Waals surface area contributed by atoms with E-state index in [0.717, 1.165) is 11.9 Å². The van der Waals surface area contributed by atoms with Crippen LogP contribution in [0.3, 0.4) is 0 Å². The van der Waals surface area contributed by atoms with Crippen molar-refractivity contribution in [2.24, 2.45) is 16.3 Å². The van der Waals surface area contributed by atoms with Gasteiger partial charge in [0.15, 0.2) is 0 Å². The van der Waals surface area contributed by atoms with Crippen molar-refractivity contribution in [3.05, 3.63) is 23.8 Å². The van der Waals surface area contributed by atoms with Crippen LogP contribution >= 0.6 is 0 Å². The second-order valence-electron chi connectivity index (χ2n) is 5.30. The van der Waals surface area contributed by atoms with Crippen molar-refractivity contribution in [1.29, 1.82) is 0 Å². The molecule has 0 amide bonds. The molecule has 2 atom stereocenters. The summed E-state index contributed by atoms with van der Waals surface area (Å²) in [6, 6.07) is 0.177. The lowest BCUT2D eigenvalue weighted by Gasteiger charge is -2.21. The molecular weight excluding hydrogens is 202 g/mol. The van der Waals surface area contributed by atoms with E-state index in [-0.39, 0.29) is 17.4 Å². The van der Waals surface area contributed by atoms with Crippen LogP contribution in [0, 0.1) is 11.3 Å². The highest BCUT2D eigenvalue weighted by molar-refractivity contribution is 5.99. The van der Waals surface area contributed by atoms with Gasteiger partial charge in [-0.2, -0.15) is 0 Å². The number of hydrogen-bond acceptors (Lipinski definition) is 3. The summed E-state index contributed by atoms with van der Waals surface area (Å²) in [7, 11) is 0. The third kappa shape index (κ3) is 1.94. The number of nitrogens with zero attached hydrogens (tertiary/aromatic N) is 1. The first-order valence-electron chi connectivity index (χ1n) is 5.57. The van der Waals surface area contributed by atoms with Crippen LogP contribution in [-0.2, 0) is 9.53 Å². The molecule has 0 spiro atoms. The Bertz CT molecular complexity index is 385. The Morgan fingerprint density at radius 2 is 2.25 bits per heavy atom. The number of hydrogen-bond donors (Lipinski definition) is 0. The van der Waals surface area contributed by atoms with Crippen LogP contribution in [0.2, 0.25) is 0 Å². The monoisotopic (exact) mass is 219 g/mol. The number of carbonyl (C=O) groups excluding carboxylic acids is 1. The number of carbonyl (C=O) groups is 1. The number of aliphatic imine (C=N–C) groups is 1. The lowest BCUT2D eigenvalue weighted by Crippen LogP contribution is -2.25. The summed E-state index contributed by atoms with van der Waals surface area (Å²) in [6.45, 7) is 7.05. The molecule has 0 saturated heterocycles. The molecule has 1 unspecified atom stereocenters. The van der Waals surface area contributed by atoms with Crippen molar-refractivity contribution in [2.45, 2.75) is 26.8 Å². The van der Waals surface area contributed by atoms with Gasteiger partial charge in [0.2, 0.25) is 5.90 Å². The molecule has 1 heterocycles. The van der Waals surface area contributed by atoms with Gasteiger partial charge in [-0.1, -0.05) is 39.0 Å². The van der Waals surface area contributed by atoms with E-state index in [4.69, 9.17) is 4.74 Å². The molecule has 0 bridgehead atoms. The summed E-state index contributed by atoms with van der Waals surface area (Å²) in [5, 5.41) is 0. The Hall–Kier alpha value is -1.38. The molecule has 0 fully saturated rings. The molecule has 1 aliphatic heterocycles. The van der Waals surface area contributed by atoms with Crippen LogP contribution in [0.1, 0.15) is 20.8 Å². The highest BCUT2D eigenvalue weighted by Crippen LogP contribution is 2.29. The summed E-state index contributed by atoms with van der Waals surface area (Å²) in [5.74, 6) is 0.458. The number of ether oxygens (including phenoxy) is 1. The van der Waals surface area contributed by atoms with Crippen molar-refractivity contribution in [3.63, 3.8) is 0 Å². The van der Waals surface area contributed by atoms with Gasteiger partial charge in [0.25, 0.3) is 0 Å². The fourth-order valence-corrected chi connectivity index (χ4v) is 1.80. The molecule has 0 aromatic carbocycles. The standard InChI is InChI=1S/C13H17NO2/c1-13(2,3)11-8-16-12(14-11)10-6-4-5-9(10)7-15/h4-7,9,11H,8H2,1-3H3/t9?,11-/m1/s1. The van der Waals surface area contributed by atoms with E-state index in [9.17, 15) is 4.79 Å². The second kappa shape index (κ2) is 3.89. The minimum atomic E-state index is -0.183. The molecule has 2 aliphatic rings. The maximum atomic E-state index is 10.9. The van der Waals surface area contributed by atoms with E-state index in [2.05, 4.69) is 25.8 Å². The predicted octanol–water partition coefficient (Wildman–Crippen LogP) is 2.14. The maximum Gasteiger partial charge on any atom is 0.213 e. The average molecular weight is 219 g/mol. The van der Waals surface area contributed by atoms with E-state index < -0.39 is 0 Å². The molecule has 0 radical (unpaired) electrons. The molecule has 3 heteroatoms. The quantitative estimate of drug-likeness (QED) is 0.667. The Morgan fingerprint density at radius 1 is 1.50 bits per heavy atom. The summed E-state index contributed by atoms with van der Waals surface area (Å²) in [4.78, 5) is 15.4. The van der Waals surface area contributed by atoms with Gasteiger partial charge in [0, 0.05) is 5.57 Å². The fraction of sp³-hybridized carbons (Fsp3) is 0.538. The van der Waals surface area contributed by atoms with E-state index in [0.29, 0.717) is 12.5 Å². The maximum absolute atomic E-state index is 10.9. The third-order valence-electron chi connectivity index (χ3n) is 3.00. The van der Waals surface area contributed by atoms with Crippen LogP contribution in [0.4, 0.5) is 0 Å².